The molecule has 3 N–H and O–H groups in total. The number of H-pyrrole nitrogens is 2. The second-order valence-corrected chi connectivity index (χ2v) is 5.48. The molecule has 0 saturated heterocycles. The zero-order chi connectivity index (χ0) is 13.9. The van der Waals surface area contributed by atoms with Crippen molar-refractivity contribution in [1.82, 2.24) is 9.97 Å². The van der Waals surface area contributed by atoms with Crippen LogP contribution in [0, 0.1) is 4.77 Å². The fourth-order valence-corrected chi connectivity index (χ4v) is 2.70. The third-order valence-corrected chi connectivity index (χ3v) is 3.85. The summed E-state index contributed by atoms with van der Waals surface area (Å²) in [5.74, 6) is 0.432. The number of benzene rings is 1. The fraction of sp³-hybridized carbons (Fsp3) is 0. The Balaban J connectivity index is 1.95. The Kier molecular flexibility index (Phi) is 3.49. The highest BCUT2D eigenvalue weighted by Gasteiger charge is 2.13. The number of carbonyl (C=O) groups is 1. The molecule has 1 amide bonds. The number of hydrogen-bond donors (Lipinski definition) is 3. The first-order valence-electron chi connectivity index (χ1n) is 5.96. The van der Waals surface area contributed by atoms with Crippen molar-refractivity contribution >= 4 is 35.3 Å². The summed E-state index contributed by atoms with van der Waals surface area (Å²) < 4.78 is 0.477. The van der Waals surface area contributed by atoms with Gasteiger partial charge < -0.3 is 15.3 Å². The molecular weight excluding hydrogens is 290 g/mol. The van der Waals surface area contributed by atoms with E-state index in [9.17, 15) is 4.79 Å². The molecule has 0 aliphatic heterocycles. The highest BCUT2D eigenvalue weighted by molar-refractivity contribution is 7.71. The van der Waals surface area contributed by atoms with Crippen molar-refractivity contribution in [3.8, 4) is 11.3 Å². The molecule has 0 saturated carbocycles. The minimum atomic E-state index is -0.151. The number of thiophene rings is 1. The molecule has 1 aromatic carbocycles. The van der Waals surface area contributed by atoms with Crippen molar-refractivity contribution in [3.05, 3.63) is 57.5 Å². The largest absolute Gasteiger partial charge is 0.329 e. The van der Waals surface area contributed by atoms with E-state index in [2.05, 4.69) is 15.3 Å². The van der Waals surface area contributed by atoms with Crippen LogP contribution in [0.25, 0.3) is 11.3 Å². The van der Waals surface area contributed by atoms with Crippen molar-refractivity contribution in [3.63, 3.8) is 0 Å². The Morgan fingerprint density at radius 1 is 1.10 bits per heavy atom. The van der Waals surface area contributed by atoms with E-state index in [1.165, 1.54) is 11.3 Å². The molecular formula is C14H11N3OS2. The summed E-state index contributed by atoms with van der Waals surface area (Å²) in [5, 5.41) is 4.72. The van der Waals surface area contributed by atoms with E-state index in [1.807, 2.05) is 41.8 Å². The maximum absolute atomic E-state index is 12.1. The molecule has 0 radical (unpaired) electrons. The molecule has 0 atom stereocenters. The predicted octanol–water partition coefficient (Wildman–Crippen LogP) is 4.05. The van der Waals surface area contributed by atoms with E-state index in [4.69, 9.17) is 12.2 Å². The number of rotatable bonds is 3. The van der Waals surface area contributed by atoms with Crippen LogP contribution in [0.5, 0.6) is 0 Å². The molecule has 0 bridgehead atoms. The topological polar surface area (TPSA) is 60.7 Å². The van der Waals surface area contributed by atoms with Gasteiger partial charge in [-0.2, -0.15) is 0 Å². The van der Waals surface area contributed by atoms with Crippen molar-refractivity contribution in [1.29, 1.82) is 0 Å². The third kappa shape index (κ3) is 2.56. The maximum Gasteiger partial charge on any atom is 0.266 e. The molecule has 100 valence electrons. The number of anilines is 1. The smallest absolute Gasteiger partial charge is 0.266 e. The second kappa shape index (κ2) is 5.44. The molecule has 3 rings (SSSR count). The van der Waals surface area contributed by atoms with Gasteiger partial charge in [0.1, 0.15) is 5.82 Å². The summed E-state index contributed by atoms with van der Waals surface area (Å²) >= 11 is 6.51. The van der Waals surface area contributed by atoms with Gasteiger partial charge in [0.2, 0.25) is 0 Å². The van der Waals surface area contributed by atoms with Crippen molar-refractivity contribution < 1.29 is 4.79 Å². The lowest BCUT2D eigenvalue weighted by molar-refractivity contribution is 0.103. The van der Waals surface area contributed by atoms with Gasteiger partial charge in [0, 0.05) is 5.56 Å². The predicted molar refractivity (Wildman–Crippen MR) is 83.7 cm³/mol. The Bertz CT molecular complexity index is 772. The van der Waals surface area contributed by atoms with Crippen molar-refractivity contribution in [2.45, 2.75) is 0 Å². The number of aromatic amines is 2. The van der Waals surface area contributed by atoms with E-state index in [0.717, 1.165) is 11.3 Å². The summed E-state index contributed by atoms with van der Waals surface area (Å²) in [6.45, 7) is 0. The molecule has 2 aromatic heterocycles. The molecule has 2 heterocycles. The highest BCUT2D eigenvalue weighted by atomic mass is 32.1. The van der Waals surface area contributed by atoms with E-state index < -0.39 is 0 Å². The lowest BCUT2D eigenvalue weighted by Gasteiger charge is -2.04. The third-order valence-electron chi connectivity index (χ3n) is 2.77. The zero-order valence-corrected chi connectivity index (χ0v) is 12.0. The van der Waals surface area contributed by atoms with Gasteiger partial charge in [-0.1, -0.05) is 36.4 Å². The highest BCUT2D eigenvalue weighted by Crippen LogP contribution is 2.25. The van der Waals surface area contributed by atoms with E-state index in [-0.39, 0.29) is 5.91 Å². The average Bonchev–Trinajstić information content (AvgIpc) is 3.09. The van der Waals surface area contributed by atoms with Crippen LogP contribution in [0.15, 0.2) is 47.8 Å². The summed E-state index contributed by atoms with van der Waals surface area (Å²) in [6, 6.07) is 13.3. The Morgan fingerprint density at radius 2 is 1.90 bits per heavy atom. The Labute approximate surface area is 124 Å². The van der Waals surface area contributed by atoms with Gasteiger partial charge in [0.25, 0.3) is 5.91 Å². The number of hydrogen-bond acceptors (Lipinski definition) is 3. The van der Waals surface area contributed by atoms with Crippen LogP contribution in [-0.2, 0) is 0 Å². The molecule has 0 aliphatic carbocycles. The molecule has 0 aliphatic rings. The monoisotopic (exact) mass is 301 g/mol. The lowest BCUT2D eigenvalue weighted by atomic mass is 10.1. The minimum Gasteiger partial charge on any atom is -0.329 e. The molecule has 0 spiro atoms. The van der Waals surface area contributed by atoms with E-state index in [1.54, 1.807) is 6.07 Å². The van der Waals surface area contributed by atoms with Gasteiger partial charge in [0.05, 0.1) is 10.6 Å². The van der Waals surface area contributed by atoms with Crippen LogP contribution in [0.3, 0.4) is 0 Å². The van der Waals surface area contributed by atoms with Crippen LogP contribution < -0.4 is 5.32 Å². The Morgan fingerprint density at radius 3 is 2.60 bits per heavy atom. The first-order valence-corrected chi connectivity index (χ1v) is 7.25. The SMILES string of the molecule is O=C(Nc1[nH]c(=S)[nH]c1-c1ccccc1)c1cccs1. The van der Waals surface area contributed by atoms with Crippen LogP contribution in [-0.4, -0.2) is 15.9 Å². The number of nitrogens with one attached hydrogen (secondary N) is 3. The molecule has 20 heavy (non-hydrogen) atoms. The van der Waals surface area contributed by atoms with Gasteiger partial charge in [0.15, 0.2) is 4.77 Å². The summed E-state index contributed by atoms with van der Waals surface area (Å²) in [4.78, 5) is 18.8. The van der Waals surface area contributed by atoms with Crippen molar-refractivity contribution in [2.75, 3.05) is 5.32 Å². The van der Waals surface area contributed by atoms with Crippen LogP contribution in [0.1, 0.15) is 9.67 Å². The molecule has 0 fully saturated rings. The first kappa shape index (κ1) is 12.8. The van der Waals surface area contributed by atoms with Gasteiger partial charge in [-0.3, -0.25) is 4.79 Å². The first-order chi connectivity index (χ1) is 9.74. The number of amides is 1. The number of imidazole rings is 1. The van der Waals surface area contributed by atoms with Crippen LogP contribution in [0.2, 0.25) is 0 Å². The van der Waals surface area contributed by atoms with Gasteiger partial charge in [-0.05, 0) is 23.7 Å². The maximum atomic E-state index is 12.1. The standard InChI is InChI=1S/C14H11N3OS2/c18-13(10-7-4-8-20-10)16-12-11(15-14(19)17-12)9-5-2-1-3-6-9/h1-8H,(H,16,18)(H2,15,17,19). The molecule has 4 nitrogen and oxygen atoms in total. The van der Waals surface area contributed by atoms with Gasteiger partial charge >= 0.3 is 0 Å². The van der Waals surface area contributed by atoms with Crippen LogP contribution >= 0.6 is 23.6 Å². The van der Waals surface area contributed by atoms with Gasteiger partial charge in [-0.15, -0.1) is 11.3 Å². The molecule has 6 heteroatoms. The number of aromatic nitrogens is 2. The van der Waals surface area contributed by atoms with E-state index in [0.29, 0.717) is 15.5 Å². The van der Waals surface area contributed by atoms with E-state index >= 15 is 0 Å². The van der Waals surface area contributed by atoms with Crippen molar-refractivity contribution in [2.24, 2.45) is 0 Å². The minimum absolute atomic E-state index is 0.151. The summed E-state index contributed by atoms with van der Waals surface area (Å²) in [5.41, 5.74) is 1.74. The quantitative estimate of drug-likeness (QED) is 0.639. The number of carbonyl (C=O) groups excluding carboxylic acids is 1. The summed E-state index contributed by atoms with van der Waals surface area (Å²) in [7, 11) is 0. The zero-order valence-electron chi connectivity index (χ0n) is 10.3. The normalized spacial score (nSPS) is 10.4. The van der Waals surface area contributed by atoms with Gasteiger partial charge in [-0.25, -0.2) is 0 Å². The average molecular weight is 301 g/mol. The summed E-state index contributed by atoms with van der Waals surface area (Å²) in [6.07, 6.45) is 0. The molecule has 0 unspecified atom stereocenters. The second-order valence-electron chi connectivity index (χ2n) is 4.13. The molecule has 3 aromatic rings. The van der Waals surface area contributed by atoms with Crippen LogP contribution in [0.4, 0.5) is 5.82 Å². The lowest BCUT2D eigenvalue weighted by Crippen LogP contribution is -2.11. The fourth-order valence-electron chi connectivity index (χ4n) is 1.88. The Hall–Kier alpha value is -2.18.